The van der Waals surface area contributed by atoms with E-state index < -0.39 is 5.97 Å². The summed E-state index contributed by atoms with van der Waals surface area (Å²) in [7, 11) is 3.00. The van der Waals surface area contributed by atoms with Crippen LogP contribution >= 0.6 is 0 Å². The van der Waals surface area contributed by atoms with Crippen molar-refractivity contribution in [3.63, 3.8) is 0 Å². The Hall–Kier alpha value is -4.52. The van der Waals surface area contributed by atoms with E-state index in [9.17, 15) is 9.59 Å². The number of fused-ring (bicyclic) bond motifs is 2. The van der Waals surface area contributed by atoms with Crippen LogP contribution in [0.25, 0.3) is 6.08 Å². The summed E-state index contributed by atoms with van der Waals surface area (Å²) < 4.78 is 27.7. The Morgan fingerprint density at radius 3 is 2.54 bits per heavy atom. The number of para-hydroxylation sites is 1. The summed E-state index contributed by atoms with van der Waals surface area (Å²) in [5.41, 5.74) is 2.44. The Bertz CT molecular complexity index is 1400. The normalized spacial score (nSPS) is 17.0. The van der Waals surface area contributed by atoms with Gasteiger partial charge >= 0.3 is 5.97 Å². The van der Waals surface area contributed by atoms with Gasteiger partial charge in [0.05, 0.1) is 25.3 Å². The highest BCUT2D eigenvalue weighted by Gasteiger charge is 2.29. The van der Waals surface area contributed by atoms with Crippen molar-refractivity contribution in [3.8, 4) is 28.7 Å². The quantitative estimate of drug-likeness (QED) is 0.286. The van der Waals surface area contributed by atoms with Gasteiger partial charge in [-0.1, -0.05) is 18.2 Å². The van der Waals surface area contributed by atoms with Crippen molar-refractivity contribution in [1.29, 1.82) is 0 Å². The lowest BCUT2D eigenvalue weighted by atomic mass is 10.0. The average Bonchev–Trinajstić information content (AvgIpc) is 3.18. The maximum atomic E-state index is 12.9. The maximum Gasteiger partial charge on any atom is 0.343 e. The number of Topliss-reactive ketones (excluding diaryl/α,β-unsaturated/α-hetero) is 1. The third kappa shape index (κ3) is 4.24. The van der Waals surface area contributed by atoms with Crippen LogP contribution in [-0.4, -0.2) is 32.1 Å². The highest BCUT2D eigenvalue weighted by molar-refractivity contribution is 6.12. The molecule has 0 saturated heterocycles. The van der Waals surface area contributed by atoms with Gasteiger partial charge in [0.2, 0.25) is 5.78 Å². The molecule has 0 saturated carbocycles. The number of methoxy groups -OCH3 is 2. The minimum absolute atomic E-state index is 0.185. The van der Waals surface area contributed by atoms with E-state index in [0.717, 1.165) is 16.9 Å². The molecular formula is C28H22O7. The standard InChI is InChI=1S/C28H22O7/c1-16-19(12-17-6-4-5-7-22(17)33-16)14-26-27(29)21-10-9-20(15-24(21)35-26)34-28(30)18-8-11-23(31-2)25(13-18)32-3/h4-16H,1-3H3/b26-14-/t16-/m1/s1. The summed E-state index contributed by atoms with van der Waals surface area (Å²) in [5, 5.41) is 0. The summed E-state index contributed by atoms with van der Waals surface area (Å²) in [5.74, 6) is 1.65. The molecule has 3 aromatic rings. The molecule has 0 spiro atoms. The second-order valence-corrected chi connectivity index (χ2v) is 8.00. The van der Waals surface area contributed by atoms with Crippen molar-refractivity contribution in [1.82, 2.24) is 0 Å². The molecule has 0 amide bonds. The van der Waals surface area contributed by atoms with E-state index in [0.29, 0.717) is 28.4 Å². The van der Waals surface area contributed by atoms with Crippen molar-refractivity contribution in [3.05, 3.63) is 94.8 Å². The van der Waals surface area contributed by atoms with E-state index in [2.05, 4.69) is 0 Å². The van der Waals surface area contributed by atoms with Crippen molar-refractivity contribution in [2.45, 2.75) is 13.0 Å². The van der Waals surface area contributed by atoms with Crippen LogP contribution in [-0.2, 0) is 0 Å². The van der Waals surface area contributed by atoms with Crippen molar-refractivity contribution < 1.29 is 33.3 Å². The molecule has 0 N–H and O–H groups in total. The van der Waals surface area contributed by atoms with Crippen LogP contribution in [0.2, 0.25) is 0 Å². The molecule has 5 rings (SSSR count). The number of ether oxygens (including phenoxy) is 5. The van der Waals surface area contributed by atoms with Crippen LogP contribution in [0.1, 0.15) is 33.2 Å². The lowest BCUT2D eigenvalue weighted by Crippen LogP contribution is -2.18. The van der Waals surface area contributed by atoms with Crippen LogP contribution in [0, 0.1) is 0 Å². The van der Waals surface area contributed by atoms with E-state index in [1.807, 2.05) is 37.3 Å². The molecule has 0 bridgehead atoms. The fourth-order valence-corrected chi connectivity index (χ4v) is 3.93. The van der Waals surface area contributed by atoms with Gasteiger partial charge in [-0.25, -0.2) is 4.79 Å². The average molecular weight is 470 g/mol. The first kappa shape index (κ1) is 22.3. The number of benzene rings is 3. The van der Waals surface area contributed by atoms with Gasteiger partial charge in [-0.2, -0.15) is 0 Å². The molecule has 2 heterocycles. The summed E-state index contributed by atoms with van der Waals surface area (Å²) in [6.45, 7) is 1.91. The van der Waals surface area contributed by atoms with E-state index >= 15 is 0 Å². The molecule has 0 aromatic heterocycles. The molecule has 2 aliphatic heterocycles. The number of rotatable bonds is 5. The number of hydrogen-bond donors (Lipinski definition) is 0. The summed E-state index contributed by atoms with van der Waals surface area (Å²) in [4.78, 5) is 25.6. The number of esters is 1. The van der Waals surface area contributed by atoms with Crippen molar-refractivity contribution >= 4 is 17.8 Å². The Balaban J connectivity index is 1.36. The lowest BCUT2D eigenvalue weighted by Gasteiger charge is -2.22. The molecular weight excluding hydrogens is 448 g/mol. The zero-order valence-corrected chi connectivity index (χ0v) is 19.4. The fourth-order valence-electron chi connectivity index (χ4n) is 3.93. The summed E-state index contributed by atoms with van der Waals surface area (Å²) in [6.07, 6.45) is 3.43. The van der Waals surface area contributed by atoms with E-state index in [1.165, 1.54) is 26.4 Å². The lowest BCUT2D eigenvalue weighted by molar-refractivity contribution is 0.0734. The Morgan fingerprint density at radius 2 is 1.74 bits per heavy atom. The Labute approximate surface area is 202 Å². The molecule has 3 aromatic carbocycles. The molecule has 7 nitrogen and oxygen atoms in total. The zero-order chi connectivity index (χ0) is 24.5. The highest BCUT2D eigenvalue weighted by Crippen LogP contribution is 2.37. The van der Waals surface area contributed by atoms with Crippen LogP contribution in [0.3, 0.4) is 0 Å². The van der Waals surface area contributed by atoms with Gasteiger partial charge in [-0.15, -0.1) is 0 Å². The first-order valence-electron chi connectivity index (χ1n) is 11.0. The molecule has 0 radical (unpaired) electrons. The Morgan fingerprint density at radius 1 is 0.943 bits per heavy atom. The maximum absolute atomic E-state index is 12.9. The molecule has 0 aliphatic carbocycles. The van der Waals surface area contributed by atoms with Crippen molar-refractivity contribution in [2.75, 3.05) is 14.2 Å². The monoisotopic (exact) mass is 470 g/mol. The van der Waals surface area contributed by atoms with Gasteiger partial charge in [-0.05, 0) is 61.0 Å². The van der Waals surface area contributed by atoms with Gasteiger partial charge < -0.3 is 23.7 Å². The summed E-state index contributed by atoms with van der Waals surface area (Å²) in [6, 6.07) is 17.1. The van der Waals surface area contributed by atoms with E-state index in [1.54, 1.807) is 30.3 Å². The first-order chi connectivity index (χ1) is 17.0. The second-order valence-electron chi connectivity index (χ2n) is 8.00. The van der Waals surface area contributed by atoms with Gasteiger partial charge in [0, 0.05) is 11.6 Å². The van der Waals surface area contributed by atoms with E-state index in [4.69, 9.17) is 23.7 Å². The number of ketones is 1. The Kier molecular flexibility index (Phi) is 5.74. The third-order valence-electron chi connectivity index (χ3n) is 5.78. The fraction of sp³-hybridized carbons (Fsp3) is 0.143. The van der Waals surface area contributed by atoms with Crippen LogP contribution in [0.15, 0.2) is 78.1 Å². The number of allylic oxidation sites excluding steroid dienone is 1. The van der Waals surface area contributed by atoms with Gasteiger partial charge in [0.1, 0.15) is 23.4 Å². The number of hydrogen-bond acceptors (Lipinski definition) is 7. The number of carbonyl (C=O) groups excluding carboxylic acids is 2. The smallest absolute Gasteiger partial charge is 0.343 e. The van der Waals surface area contributed by atoms with Crippen LogP contribution < -0.4 is 23.7 Å². The predicted molar refractivity (Wildman–Crippen MR) is 128 cm³/mol. The molecule has 2 aliphatic rings. The van der Waals surface area contributed by atoms with Crippen molar-refractivity contribution in [2.24, 2.45) is 0 Å². The molecule has 0 fully saturated rings. The molecule has 35 heavy (non-hydrogen) atoms. The van der Waals surface area contributed by atoms with E-state index in [-0.39, 0.29) is 23.4 Å². The minimum Gasteiger partial charge on any atom is -0.493 e. The highest BCUT2D eigenvalue weighted by atomic mass is 16.5. The minimum atomic E-state index is -0.581. The predicted octanol–water partition coefficient (Wildman–Crippen LogP) is 5.25. The zero-order valence-electron chi connectivity index (χ0n) is 19.4. The third-order valence-corrected chi connectivity index (χ3v) is 5.78. The summed E-state index contributed by atoms with van der Waals surface area (Å²) >= 11 is 0. The number of carbonyl (C=O) groups is 2. The van der Waals surface area contributed by atoms with Crippen LogP contribution in [0.5, 0.6) is 28.7 Å². The first-order valence-corrected chi connectivity index (χ1v) is 11.0. The second kappa shape index (κ2) is 9.02. The molecule has 176 valence electrons. The largest absolute Gasteiger partial charge is 0.493 e. The van der Waals surface area contributed by atoms with Gasteiger partial charge in [0.15, 0.2) is 17.3 Å². The molecule has 0 unspecified atom stereocenters. The topological polar surface area (TPSA) is 80.3 Å². The van der Waals surface area contributed by atoms with Gasteiger partial charge in [0.25, 0.3) is 0 Å². The molecule has 1 atom stereocenters. The van der Waals surface area contributed by atoms with Crippen LogP contribution in [0.4, 0.5) is 0 Å². The SMILES string of the molecule is COc1ccc(C(=O)Oc2ccc3c(c2)O/C(=C\C2=Cc4ccccc4O[C@@H]2C)C3=O)cc1OC. The van der Waals surface area contributed by atoms with Gasteiger partial charge in [-0.3, -0.25) is 4.79 Å². The molecule has 7 heteroatoms.